The molecule has 152 valence electrons. The van der Waals surface area contributed by atoms with Gasteiger partial charge < -0.3 is 14.3 Å². The minimum Gasteiger partial charge on any atom is -0.477 e. The van der Waals surface area contributed by atoms with E-state index in [1.165, 1.54) is 23.8 Å². The van der Waals surface area contributed by atoms with Crippen molar-refractivity contribution in [3.05, 3.63) is 78.9 Å². The van der Waals surface area contributed by atoms with E-state index in [0.29, 0.717) is 16.5 Å². The molecule has 0 aliphatic rings. The monoisotopic (exact) mass is 446 g/mol. The van der Waals surface area contributed by atoms with Crippen LogP contribution in [0.3, 0.4) is 0 Å². The lowest BCUT2D eigenvalue weighted by Gasteiger charge is -2.10. The van der Waals surface area contributed by atoms with Crippen LogP contribution in [0.25, 0.3) is 11.0 Å². The number of carboxylic acid groups (broad SMARTS) is 1. The molecule has 0 unspecified atom stereocenters. The Bertz CT molecular complexity index is 1350. The summed E-state index contributed by atoms with van der Waals surface area (Å²) >= 11 is 6.66. The maximum absolute atomic E-state index is 14.2. The van der Waals surface area contributed by atoms with Crippen LogP contribution in [-0.2, 0) is 6.42 Å². The normalized spacial score (nSPS) is 11.0. The van der Waals surface area contributed by atoms with Crippen molar-refractivity contribution in [1.29, 1.82) is 0 Å². The van der Waals surface area contributed by atoms with E-state index in [-0.39, 0.29) is 39.2 Å². The highest BCUT2D eigenvalue weighted by atomic mass is 35.5. The summed E-state index contributed by atoms with van der Waals surface area (Å²) in [5.74, 6) is -1.62. The lowest BCUT2D eigenvalue weighted by Crippen LogP contribution is -2.12. The SMILES string of the molecule is Cc1c(Cc2ccnc(Cl)c2F)c(=O)oc2cc(Oc3ncsc3C(=O)O)ccc12. The molecule has 3 aromatic heterocycles. The Labute approximate surface area is 177 Å². The van der Waals surface area contributed by atoms with E-state index in [4.69, 9.17) is 25.9 Å². The third-order valence-electron chi connectivity index (χ3n) is 4.50. The van der Waals surface area contributed by atoms with Crippen LogP contribution in [0.15, 0.2) is 45.2 Å². The first-order valence-electron chi connectivity index (χ1n) is 8.55. The molecule has 4 rings (SSSR count). The van der Waals surface area contributed by atoms with Crippen molar-refractivity contribution in [2.24, 2.45) is 0 Å². The highest BCUT2D eigenvalue weighted by Crippen LogP contribution is 2.30. The molecule has 3 heterocycles. The zero-order chi connectivity index (χ0) is 21.4. The zero-order valence-corrected chi connectivity index (χ0v) is 16.9. The van der Waals surface area contributed by atoms with Crippen LogP contribution in [0.1, 0.15) is 26.4 Å². The molecule has 0 saturated heterocycles. The number of halogens is 2. The van der Waals surface area contributed by atoms with E-state index < -0.39 is 17.4 Å². The van der Waals surface area contributed by atoms with Gasteiger partial charge in [0, 0.05) is 29.6 Å². The summed E-state index contributed by atoms with van der Waals surface area (Å²) in [7, 11) is 0. The number of carboxylic acids is 1. The molecule has 0 fully saturated rings. The molecule has 7 nitrogen and oxygen atoms in total. The number of pyridine rings is 1. The first kappa shape index (κ1) is 20.0. The van der Waals surface area contributed by atoms with Crippen LogP contribution in [-0.4, -0.2) is 21.0 Å². The van der Waals surface area contributed by atoms with E-state index in [9.17, 15) is 14.0 Å². The molecule has 4 aromatic rings. The number of ether oxygens (including phenoxy) is 1. The summed E-state index contributed by atoms with van der Waals surface area (Å²) in [6, 6.07) is 6.21. The van der Waals surface area contributed by atoms with E-state index in [1.54, 1.807) is 19.1 Å². The molecule has 0 atom stereocenters. The molecule has 0 spiro atoms. The Morgan fingerprint density at radius 2 is 2.13 bits per heavy atom. The molecular weight excluding hydrogens is 435 g/mol. The fourth-order valence-corrected chi connectivity index (χ4v) is 3.71. The Morgan fingerprint density at radius 3 is 2.90 bits per heavy atom. The third-order valence-corrected chi connectivity index (χ3v) is 5.56. The lowest BCUT2D eigenvalue weighted by molar-refractivity contribution is 0.0699. The number of fused-ring (bicyclic) bond motifs is 1. The number of nitrogens with zero attached hydrogens (tertiary/aromatic N) is 2. The van der Waals surface area contributed by atoms with Gasteiger partial charge in [-0.15, -0.1) is 11.3 Å². The van der Waals surface area contributed by atoms with Crippen LogP contribution < -0.4 is 10.4 Å². The second-order valence-corrected chi connectivity index (χ2v) is 7.51. The van der Waals surface area contributed by atoms with Crippen molar-refractivity contribution in [2.75, 3.05) is 0 Å². The minimum absolute atomic E-state index is 0.00275. The van der Waals surface area contributed by atoms with Crippen molar-refractivity contribution in [3.63, 3.8) is 0 Å². The van der Waals surface area contributed by atoms with Gasteiger partial charge in [0.2, 0.25) is 5.88 Å². The minimum atomic E-state index is -1.15. The van der Waals surface area contributed by atoms with Gasteiger partial charge in [0.25, 0.3) is 0 Å². The molecule has 0 saturated carbocycles. The molecule has 0 aliphatic heterocycles. The van der Waals surface area contributed by atoms with Crippen molar-refractivity contribution in [3.8, 4) is 11.6 Å². The Kier molecular flexibility index (Phi) is 5.23. The molecule has 0 radical (unpaired) electrons. The highest BCUT2D eigenvalue weighted by molar-refractivity contribution is 7.12. The number of carbonyl (C=O) groups is 1. The number of aromatic carboxylic acids is 1. The standard InChI is InChI=1S/C20H12ClFN2O5S/c1-9-12-3-2-11(28-18-16(19(25)26)30-8-24-18)7-14(12)29-20(27)13(9)6-10-4-5-23-17(21)15(10)22/h2-5,7-8H,6H2,1H3,(H,25,26). The Balaban J connectivity index is 1.72. The maximum Gasteiger partial charge on any atom is 0.351 e. The predicted octanol–water partition coefficient (Wildman–Crippen LogP) is 4.83. The largest absolute Gasteiger partial charge is 0.477 e. The molecule has 1 aromatic carbocycles. The smallest absolute Gasteiger partial charge is 0.351 e. The molecule has 0 amide bonds. The van der Waals surface area contributed by atoms with Crippen LogP contribution in [0, 0.1) is 12.7 Å². The zero-order valence-electron chi connectivity index (χ0n) is 15.3. The van der Waals surface area contributed by atoms with Crippen LogP contribution in [0.5, 0.6) is 11.6 Å². The van der Waals surface area contributed by atoms with Gasteiger partial charge in [0.15, 0.2) is 15.8 Å². The van der Waals surface area contributed by atoms with Crippen molar-refractivity contribution in [2.45, 2.75) is 13.3 Å². The summed E-state index contributed by atoms with van der Waals surface area (Å²) in [6.45, 7) is 1.73. The summed E-state index contributed by atoms with van der Waals surface area (Å²) in [6.07, 6.45) is 1.36. The molecule has 0 bridgehead atoms. The first-order valence-corrected chi connectivity index (χ1v) is 9.80. The molecule has 10 heteroatoms. The van der Waals surface area contributed by atoms with Crippen LogP contribution in [0.2, 0.25) is 5.15 Å². The number of aromatic nitrogens is 2. The Morgan fingerprint density at radius 1 is 1.33 bits per heavy atom. The Hall–Kier alpha value is -3.30. The van der Waals surface area contributed by atoms with Gasteiger partial charge in [-0.05, 0) is 36.2 Å². The number of aryl methyl sites for hydroxylation is 1. The second kappa shape index (κ2) is 7.85. The van der Waals surface area contributed by atoms with Crippen LogP contribution in [0.4, 0.5) is 4.39 Å². The van der Waals surface area contributed by atoms with Crippen molar-refractivity contribution < 1.29 is 23.4 Å². The maximum atomic E-state index is 14.2. The average Bonchev–Trinajstić information content (AvgIpc) is 3.16. The third kappa shape index (κ3) is 3.64. The molecule has 0 aliphatic carbocycles. The van der Waals surface area contributed by atoms with Gasteiger partial charge in [-0.3, -0.25) is 0 Å². The van der Waals surface area contributed by atoms with E-state index in [0.717, 1.165) is 11.3 Å². The van der Waals surface area contributed by atoms with Gasteiger partial charge in [-0.2, -0.15) is 0 Å². The van der Waals surface area contributed by atoms with Gasteiger partial charge in [0.1, 0.15) is 11.3 Å². The molecule has 1 N–H and O–H groups in total. The van der Waals surface area contributed by atoms with Crippen molar-refractivity contribution in [1.82, 2.24) is 9.97 Å². The van der Waals surface area contributed by atoms with Crippen molar-refractivity contribution >= 4 is 39.9 Å². The van der Waals surface area contributed by atoms with Gasteiger partial charge >= 0.3 is 11.6 Å². The number of rotatable bonds is 5. The first-order chi connectivity index (χ1) is 14.3. The van der Waals surface area contributed by atoms with Gasteiger partial charge in [-0.1, -0.05) is 11.6 Å². The second-order valence-electron chi connectivity index (χ2n) is 6.30. The van der Waals surface area contributed by atoms with E-state index in [2.05, 4.69) is 9.97 Å². The quantitative estimate of drug-likeness (QED) is 0.346. The number of thiazole rings is 1. The summed E-state index contributed by atoms with van der Waals surface area (Å²) in [5.41, 5.74) is 2.14. The number of hydrogen-bond acceptors (Lipinski definition) is 7. The van der Waals surface area contributed by atoms with Crippen LogP contribution >= 0.6 is 22.9 Å². The van der Waals surface area contributed by atoms with Gasteiger partial charge in [0.05, 0.1) is 5.51 Å². The van der Waals surface area contributed by atoms with E-state index in [1.807, 2.05) is 0 Å². The number of benzene rings is 1. The lowest BCUT2D eigenvalue weighted by atomic mass is 10.00. The summed E-state index contributed by atoms with van der Waals surface area (Å²) in [4.78, 5) is 31.3. The summed E-state index contributed by atoms with van der Waals surface area (Å²) in [5, 5.41) is 9.53. The predicted molar refractivity (Wildman–Crippen MR) is 108 cm³/mol. The van der Waals surface area contributed by atoms with E-state index >= 15 is 0 Å². The topological polar surface area (TPSA) is 103 Å². The molecule has 30 heavy (non-hydrogen) atoms. The van der Waals surface area contributed by atoms with Gasteiger partial charge in [-0.25, -0.2) is 23.9 Å². The summed E-state index contributed by atoms with van der Waals surface area (Å²) < 4.78 is 25.1. The molecular formula is C20H12ClFN2O5S. The fourth-order valence-electron chi connectivity index (χ4n) is 2.99. The fraction of sp³-hybridized carbons (Fsp3) is 0.100. The number of hydrogen-bond donors (Lipinski definition) is 1. The highest BCUT2D eigenvalue weighted by Gasteiger charge is 2.18. The average molecular weight is 447 g/mol.